The molecule has 0 bridgehead atoms. The van der Waals surface area contributed by atoms with Gasteiger partial charge in [-0.25, -0.2) is 0 Å². The third-order valence-electron chi connectivity index (χ3n) is 3.95. The highest BCUT2D eigenvalue weighted by molar-refractivity contribution is 7.10. The zero-order valence-electron chi connectivity index (χ0n) is 13.4. The third-order valence-corrected chi connectivity index (χ3v) is 4.77. The third kappa shape index (κ3) is 3.14. The van der Waals surface area contributed by atoms with E-state index >= 15 is 0 Å². The van der Waals surface area contributed by atoms with Gasteiger partial charge in [0.05, 0.1) is 12.2 Å². The van der Waals surface area contributed by atoms with Gasteiger partial charge in [0, 0.05) is 22.7 Å². The number of nitrogen functional groups attached to an aromatic ring is 1. The molecule has 1 amide bonds. The van der Waals surface area contributed by atoms with Gasteiger partial charge in [-0.3, -0.25) is 9.69 Å². The Kier molecular flexibility index (Phi) is 3.99. The molecule has 0 radical (unpaired) electrons. The van der Waals surface area contributed by atoms with E-state index in [0.29, 0.717) is 23.7 Å². The van der Waals surface area contributed by atoms with Crippen LogP contribution in [0.25, 0.3) is 6.08 Å². The number of thiophene rings is 1. The molecule has 2 N–H and O–H groups in total. The summed E-state index contributed by atoms with van der Waals surface area (Å²) in [6.45, 7) is 0.474. The first kappa shape index (κ1) is 15.5. The molecule has 3 aromatic rings. The van der Waals surface area contributed by atoms with Crippen LogP contribution in [0.1, 0.15) is 10.4 Å². The molecule has 0 unspecified atom stereocenters. The average Bonchev–Trinajstić information content (AvgIpc) is 3.12. The van der Waals surface area contributed by atoms with Gasteiger partial charge >= 0.3 is 0 Å². The SMILES string of the molecule is Nc1ccc2c(c1)O/C(=C/c1cccs1)C(=O)N2Cc1ccccc1. The predicted octanol–water partition coefficient (Wildman–Crippen LogP) is 4.30. The summed E-state index contributed by atoms with van der Waals surface area (Å²) in [5.74, 6) is 0.740. The minimum atomic E-state index is -0.158. The summed E-state index contributed by atoms with van der Waals surface area (Å²) in [5.41, 5.74) is 8.28. The molecule has 25 heavy (non-hydrogen) atoms. The van der Waals surface area contributed by atoms with Crippen molar-refractivity contribution in [2.24, 2.45) is 0 Å². The molecule has 0 aliphatic carbocycles. The second kappa shape index (κ2) is 6.45. The lowest BCUT2D eigenvalue weighted by molar-refractivity contribution is -0.117. The number of carbonyl (C=O) groups excluding carboxylic acids is 1. The van der Waals surface area contributed by atoms with E-state index < -0.39 is 0 Å². The van der Waals surface area contributed by atoms with Gasteiger partial charge in [-0.2, -0.15) is 0 Å². The van der Waals surface area contributed by atoms with Crippen LogP contribution in [0.5, 0.6) is 5.75 Å². The number of fused-ring (bicyclic) bond motifs is 1. The average molecular weight is 348 g/mol. The van der Waals surface area contributed by atoms with Crippen molar-refractivity contribution >= 4 is 34.7 Å². The molecule has 0 spiro atoms. The van der Waals surface area contributed by atoms with Gasteiger partial charge < -0.3 is 10.5 Å². The molecule has 4 rings (SSSR count). The fraction of sp³-hybridized carbons (Fsp3) is 0.0500. The molecule has 124 valence electrons. The smallest absolute Gasteiger partial charge is 0.294 e. The van der Waals surface area contributed by atoms with E-state index in [0.717, 1.165) is 16.1 Å². The number of anilines is 2. The minimum Gasteiger partial charge on any atom is -0.449 e. The van der Waals surface area contributed by atoms with Gasteiger partial charge in [0.1, 0.15) is 0 Å². The fourth-order valence-corrected chi connectivity index (χ4v) is 3.40. The van der Waals surface area contributed by atoms with E-state index in [4.69, 9.17) is 10.5 Å². The Hall–Kier alpha value is -3.05. The fourth-order valence-electron chi connectivity index (χ4n) is 2.76. The lowest BCUT2D eigenvalue weighted by atomic mass is 10.1. The van der Waals surface area contributed by atoms with Crippen molar-refractivity contribution in [1.29, 1.82) is 0 Å². The van der Waals surface area contributed by atoms with Crippen molar-refractivity contribution in [2.45, 2.75) is 6.54 Å². The zero-order chi connectivity index (χ0) is 17.2. The number of benzene rings is 2. The zero-order valence-corrected chi connectivity index (χ0v) is 14.2. The number of amides is 1. The van der Waals surface area contributed by atoms with Crippen LogP contribution < -0.4 is 15.4 Å². The monoisotopic (exact) mass is 348 g/mol. The Balaban J connectivity index is 1.76. The highest BCUT2D eigenvalue weighted by Crippen LogP contribution is 2.38. The Bertz CT molecular complexity index is 934. The van der Waals surface area contributed by atoms with Crippen LogP contribution in [-0.2, 0) is 11.3 Å². The van der Waals surface area contributed by atoms with Gasteiger partial charge in [-0.05, 0) is 29.1 Å². The highest BCUT2D eigenvalue weighted by atomic mass is 32.1. The van der Waals surface area contributed by atoms with Gasteiger partial charge in [-0.15, -0.1) is 11.3 Å². The number of hydrogen-bond acceptors (Lipinski definition) is 4. The maximum Gasteiger partial charge on any atom is 0.294 e. The maximum atomic E-state index is 13.0. The van der Waals surface area contributed by atoms with E-state index in [-0.39, 0.29) is 5.91 Å². The van der Waals surface area contributed by atoms with Crippen LogP contribution in [-0.4, -0.2) is 5.91 Å². The van der Waals surface area contributed by atoms with Crippen LogP contribution in [0.3, 0.4) is 0 Å². The second-order valence-electron chi connectivity index (χ2n) is 5.73. The number of nitrogens with zero attached hydrogens (tertiary/aromatic N) is 1. The van der Waals surface area contributed by atoms with E-state index in [9.17, 15) is 4.79 Å². The van der Waals surface area contributed by atoms with E-state index in [1.165, 1.54) is 0 Å². The van der Waals surface area contributed by atoms with Gasteiger partial charge in [0.15, 0.2) is 11.5 Å². The molecule has 2 aromatic carbocycles. The topological polar surface area (TPSA) is 55.6 Å². The number of ether oxygens (including phenoxy) is 1. The maximum absolute atomic E-state index is 13.0. The van der Waals surface area contributed by atoms with Crippen molar-refractivity contribution in [2.75, 3.05) is 10.6 Å². The second-order valence-corrected chi connectivity index (χ2v) is 6.71. The lowest BCUT2D eigenvalue weighted by Crippen LogP contribution is -2.36. The molecular weight excluding hydrogens is 332 g/mol. The standard InChI is InChI=1S/C20H16N2O2S/c21-15-8-9-17-18(11-15)24-19(12-16-7-4-10-25-16)20(23)22(17)13-14-5-2-1-3-6-14/h1-12H,13,21H2/b19-12+. The largest absolute Gasteiger partial charge is 0.449 e. The van der Waals surface area contributed by atoms with Crippen molar-refractivity contribution in [3.05, 3.63) is 82.2 Å². The summed E-state index contributed by atoms with van der Waals surface area (Å²) in [6, 6.07) is 19.1. The van der Waals surface area contributed by atoms with Gasteiger partial charge in [0.25, 0.3) is 5.91 Å². The Morgan fingerprint density at radius 1 is 1.08 bits per heavy atom. The van der Waals surface area contributed by atoms with Crippen molar-refractivity contribution < 1.29 is 9.53 Å². The predicted molar refractivity (Wildman–Crippen MR) is 101 cm³/mol. The number of carbonyl (C=O) groups is 1. The molecule has 0 saturated heterocycles. The van der Waals surface area contributed by atoms with Gasteiger partial charge in [-0.1, -0.05) is 36.4 Å². The van der Waals surface area contributed by atoms with Crippen LogP contribution in [0, 0.1) is 0 Å². The Labute approximate surface area is 149 Å². The first-order chi connectivity index (χ1) is 12.2. The summed E-state index contributed by atoms with van der Waals surface area (Å²) in [7, 11) is 0. The number of nitrogens with two attached hydrogens (primary N) is 1. The summed E-state index contributed by atoms with van der Waals surface area (Å²) in [6.07, 6.45) is 1.77. The van der Waals surface area contributed by atoms with Crippen LogP contribution in [0.15, 0.2) is 71.8 Å². The summed E-state index contributed by atoms with van der Waals surface area (Å²) < 4.78 is 5.86. The van der Waals surface area contributed by atoms with Crippen LogP contribution in [0.4, 0.5) is 11.4 Å². The molecule has 1 aliphatic heterocycles. The van der Waals surface area contributed by atoms with E-state index in [1.54, 1.807) is 34.4 Å². The molecular formula is C20H16N2O2S. The molecule has 5 heteroatoms. The van der Waals surface area contributed by atoms with E-state index in [2.05, 4.69) is 0 Å². The van der Waals surface area contributed by atoms with Crippen LogP contribution in [0.2, 0.25) is 0 Å². The van der Waals surface area contributed by atoms with Crippen LogP contribution >= 0.6 is 11.3 Å². The Morgan fingerprint density at radius 2 is 1.92 bits per heavy atom. The Morgan fingerprint density at radius 3 is 2.68 bits per heavy atom. The minimum absolute atomic E-state index is 0.158. The normalized spacial score (nSPS) is 15.1. The molecule has 1 aromatic heterocycles. The lowest BCUT2D eigenvalue weighted by Gasteiger charge is -2.30. The summed E-state index contributed by atoms with van der Waals surface area (Å²) in [4.78, 5) is 15.7. The first-order valence-corrected chi connectivity index (χ1v) is 8.77. The van der Waals surface area contributed by atoms with Crippen molar-refractivity contribution in [1.82, 2.24) is 0 Å². The first-order valence-electron chi connectivity index (χ1n) is 7.89. The number of hydrogen-bond donors (Lipinski definition) is 1. The quantitative estimate of drug-likeness (QED) is 0.567. The van der Waals surface area contributed by atoms with Gasteiger partial charge in [0.2, 0.25) is 0 Å². The molecule has 0 saturated carbocycles. The van der Waals surface area contributed by atoms with E-state index in [1.807, 2.05) is 53.9 Å². The summed E-state index contributed by atoms with van der Waals surface area (Å²) >= 11 is 1.56. The highest BCUT2D eigenvalue weighted by Gasteiger charge is 2.30. The molecule has 0 atom stereocenters. The number of rotatable bonds is 3. The molecule has 2 heterocycles. The molecule has 1 aliphatic rings. The summed E-state index contributed by atoms with van der Waals surface area (Å²) in [5, 5.41) is 1.97. The van der Waals surface area contributed by atoms with Crippen molar-refractivity contribution in [3.8, 4) is 5.75 Å². The molecule has 0 fully saturated rings. The van der Waals surface area contributed by atoms with Crippen molar-refractivity contribution in [3.63, 3.8) is 0 Å². The molecule has 4 nitrogen and oxygen atoms in total.